The van der Waals surface area contributed by atoms with Gasteiger partial charge in [-0.05, 0) is 26.8 Å². The number of esters is 1. The molecule has 0 amide bonds. The number of nitriles is 1. The quantitative estimate of drug-likeness (QED) is 0.458. The number of pyridine rings is 1. The lowest BCUT2D eigenvalue weighted by Crippen LogP contribution is -2.25. The summed E-state index contributed by atoms with van der Waals surface area (Å²) in [7, 11) is 1.56. The normalized spacial score (nSPS) is 11.2. The van der Waals surface area contributed by atoms with E-state index in [0.29, 0.717) is 23.3 Å². The van der Waals surface area contributed by atoms with Gasteiger partial charge in [-0.15, -0.1) is 0 Å². The Labute approximate surface area is 151 Å². The van der Waals surface area contributed by atoms with Gasteiger partial charge >= 0.3 is 5.97 Å². The third kappa shape index (κ3) is 4.38. The summed E-state index contributed by atoms with van der Waals surface area (Å²) >= 11 is 6.26. The van der Waals surface area contributed by atoms with Gasteiger partial charge in [0.05, 0.1) is 28.1 Å². The van der Waals surface area contributed by atoms with Gasteiger partial charge in [0.25, 0.3) is 0 Å². The molecule has 0 unspecified atom stereocenters. The van der Waals surface area contributed by atoms with Crippen LogP contribution in [0.5, 0.6) is 11.5 Å². The van der Waals surface area contributed by atoms with Gasteiger partial charge in [0.1, 0.15) is 12.7 Å². The van der Waals surface area contributed by atoms with Crippen LogP contribution >= 0.6 is 11.6 Å². The fraction of sp³-hybridized carbons (Fsp3) is 0.389. The molecule has 6 nitrogen and oxygen atoms in total. The van der Waals surface area contributed by atoms with Crippen LogP contribution in [-0.2, 0) is 9.53 Å². The van der Waals surface area contributed by atoms with Crippen molar-refractivity contribution in [2.45, 2.75) is 20.8 Å². The molecule has 0 radical (unpaired) electrons. The Balaban J connectivity index is 2.53. The van der Waals surface area contributed by atoms with Crippen LogP contribution in [0.3, 0.4) is 0 Å². The molecule has 0 saturated heterocycles. The lowest BCUT2D eigenvalue weighted by molar-refractivity contribution is -0.143. The molecule has 0 aliphatic carbocycles. The molecule has 2 aromatic rings. The minimum absolute atomic E-state index is 0.224. The lowest BCUT2D eigenvalue weighted by atomic mass is 9.97. The summed E-state index contributed by atoms with van der Waals surface area (Å²) in [5.74, 6) is 0.168. The molecule has 0 atom stereocenters. The number of hydrogen-bond donors (Lipinski definition) is 0. The van der Waals surface area contributed by atoms with Gasteiger partial charge in [-0.1, -0.05) is 11.6 Å². The van der Waals surface area contributed by atoms with E-state index >= 15 is 0 Å². The summed E-state index contributed by atoms with van der Waals surface area (Å²) in [6.07, 6.45) is 1.39. The Morgan fingerprint density at radius 2 is 2.00 bits per heavy atom. The smallest absolute Gasteiger partial charge is 0.316 e. The van der Waals surface area contributed by atoms with Gasteiger partial charge in [0, 0.05) is 24.8 Å². The van der Waals surface area contributed by atoms with Gasteiger partial charge in [-0.3, -0.25) is 9.78 Å². The van der Waals surface area contributed by atoms with Crippen LogP contribution in [0.25, 0.3) is 10.9 Å². The molecule has 1 heterocycles. The Hall–Kier alpha value is -2.36. The van der Waals surface area contributed by atoms with E-state index in [1.807, 2.05) is 6.07 Å². The number of ether oxygens (including phenoxy) is 3. The highest BCUT2D eigenvalue weighted by Gasteiger charge is 2.25. The number of carbonyl (C=O) groups is 1. The molecule has 132 valence electrons. The third-order valence-corrected chi connectivity index (χ3v) is 3.76. The molecule has 0 fully saturated rings. The van der Waals surface area contributed by atoms with Crippen molar-refractivity contribution in [2.24, 2.45) is 5.41 Å². The Bertz CT molecular complexity index is 838. The average Bonchev–Trinajstić information content (AvgIpc) is 2.55. The Morgan fingerprint density at radius 1 is 1.28 bits per heavy atom. The molecule has 2 rings (SSSR count). The van der Waals surface area contributed by atoms with Crippen molar-refractivity contribution in [2.75, 3.05) is 20.3 Å². The predicted molar refractivity (Wildman–Crippen MR) is 93.9 cm³/mol. The Morgan fingerprint density at radius 3 is 2.60 bits per heavy atom. The van der Waals surface area contributed by atoms with Gasteiger partial charge in [-0.25, -0.2) is 0 Å². The number of aromatic nitrogens is 1. The van der Waals surface area contributed by atoms with E-state index in [9.17, 15) is 4.79 Å². The highest BCUT2D eigenvalue weighted by Crippen LogP contribution is 2.37. The second kappa shape index (κ2) is 7.68. The molecule has 0 N–H and O–H groups in total. The molecule has 1 aromatic heterocycles. The number of rotatable bonds is 5. The SMILES string of the molecule is COCCOc1cc2ncc(C#N)c(Cl)c2cc1OC(=O)C(C)(C)C. The first kappa shape index (κ1) is 19.0. The fourth-order valence-corrected chi connectivity index (χ4v) is 2.17. The monoisotopic (exact) mass is 362 g/mol. The summed E-state index contributed by atoms with van der Waals surface area (Å²) in [6, 6.07) is 5.17. The van der Waals surface area contributed by atoms with Crippen molar-refractivity contribution < 1.29 is 19.0 Å². The summed E-state index contributed by atoms with van der Waals surface area (Å²) in [5.41, 5.74) is 0.0947. The maximum atomic E-state index is 12.3. The maximum Gasteiger partial charge on any atom is 0.316 e. The van der Waals surface area contributed by atoms with Gasteiger partial charge in [0.15, 0.2) is 11.5 Å². The van der Waals surface area contributed by atoms with E-state index in [1.165, 1.54) is 6.20 Å². The highest BCUT2D eigenvalue weighted by atomic mass is 35.5. The highest BCUT2D eigenvalue weighted by molar-refractivity contribution is 6.36. The van der Waals surface area contributed by atoms with Gasteiger partial charge < -0.3 is 14.2 Å². The first-order valence-electron chi connectivity index (χ1n) is 7.64. The van der Waals surface area contributed by atoms with Crippen LogP contribution in [-0.4, -0.2) is 31.3 Å². The number of methoxy groups -OCH3 is 1. The Kier molecular flexibility index (Phi) is 5.83. The first-order valence-corrected chi connectivity index (χ1v) is 8.02. The molecule has 0 bridgehead atoms. The third-order valence-electron chi connectivity index (χ3n) is 3.35. The van der Waals surface area contributed by atoms with E-state index in [4.69, 9.17) is 31.1 Å². The van der Waals surface area contributed by atoms with Crippen LogP contribution < -0.4 is 9.47 Å². The van der Waals surface area contributed by atoms with Crippen molar-refractivity contribution in [3.05, 3.63) is 28.9 Å². The molecule has 25 heavy (non-hydrogen) atoms. The molecular weight excluding hydrogens is 344 g/mol. The second-order valence-corrected chi connectivity index (χ2v) is 6.77. The van der Waals surface area contributed by atoms with E-state index in [-0.39, 0.29) is 22.9 Å². The maximum absolute atomic E-state index is 12.3. The zero-order chi connectivity index (χ0) is 18.6. The summed E-state index contributed by atoms with van der Waals surface area (Å²) in [5, 5.41) is 9.86. The molecule has 7 heteroatoms. The molecule has 0 aliphatic heterocycles. The number of nitrogens with zero attached hydrogens (tertiary/aromatic N) is 2. The summed E-state index contributed by atoms with van der Waals surface area (Å²) in [4.78, 5) is 16.5. The molecule has 1 aromatic carbocycles. The van der Waals surface area contributed by atoms with Crippen LogP contribution in [0, 0.1) is 16.7 Å². The molecule has 0 aliphatic rings. The summed E-state index contributed by atoms with van der Waals surface area (Å²) in [6.45, 7) is 5.93. The van der Waals surface area contributed by atoms with Crippen LogP contribution in [0.15, 0.2) is 18.3 Å². The molecular formula is C18H19ClN2O4. The number of halogens is 1. The first-order chi connectivity index (χ1) is 11.8. The van der Waals surface area contributed by atoms with Crippen LogP contribution in [0.1, 0.15) is 26.3 Å². The van der Waals surface area contributed by atoms with Crippen LogP contribution in [0.4, 0.5) is 0 Å². The van der Waals surface area contributed by atoms with E-state index in [2.05, 4.69) is 4.98 Å². The second-order valence-electron chi connectivity index (χ2n) is 6.39. The molecule has 0 spiro atoms. The van der Waals surface area contributed by atoms with Crippen molar-refractivity contribution in [3.8, 4) is 17.6 Å². The topological polar surface area (TPSA) is 81.4 Å². The van der Waals surface area contributed by atoms with E-state index in [1.54, 1.807) is 40.0 Å². The lowest BCUT2D eigenvalue weighted by Gasteiger charge is -2.19. The number of carbonyl (C=O) groups excluding carboxylic acids is 1. The molecule has 0 saturated carbocycles. The van der Waals surface area contributed by atoms with Gasteiger partial charge in [0.2, 0.25) is 0 Å². The van der Waals surface area contributed by atoms with E-state index < -0.39 is 11.4 Å². The zero-order valence-corrected chi connectivity index (χ0v) is 15.3. The van der Waals surface area contributed by atoms with E-state index in [0.717, 1.165) is 0 Å². The predicted octanol–water partition coefficient (Wildman–Crippen LogP) is 3.74. The summed E-state index contributed by atoms with van der Waals surface area (Å²) < 4.78 is 16.1. The standard InChI is InChI=1S/C18H19ClN2O4/c1-18(2,3)17(22)25-15-7-12-13(8-14(15)24-6-5-23-4)21-10-11(9-20)16(12)19/h7-8,10H,5-6H2,1-4H3. The minimum atomic E-state index is -0.685. The van der Waals surface area contributed by atoms with Gasteiger partial charge in [-0.2, -0.15) is 5.26 Å². The average molecular weight is 363 g/mol. The van der Waals surface area contributed by atoms with Crippen molar-refractivity contribution in [1.82, 2.24) is 4.98 Å². The fourth-order valence-electron chi connectivity index (χ4n) is 1.93. The van der Waals surface area contributed by atoms with Crippen molar-refractivity contribution >= 4 is 28.5 Å². The van der Waals surface area contributed by atoms with Crippen LogP contribution in [0.2, 0.25) is 5.02 Å². The largest absolute Gasteiger partial charge is 0.487 e. The van der Waals surface area contributed by atoms with Crippen molar-refractivity contribution in [1.29, 1.82) is 5.26 Å². The number of hydrogen-bond acceptors (Lipinski definition) is 6. The zero-order valence-electron chi connectivity index (χ0n) is 14.6. The minimum Gasteiger partial charge on any atom is -0.487 e. The van der Waals surface area contributed by atoms with Crippen molar-refractivity contribution in [3.63, 3.8) is 0 Å². The number of fused-ring (bicyclic) bond motifs is 1. The number of benzene rings is 1.